The van der Waals surface area contributed by atoms with E-state index < -0.39 is 0 Å². The van der Waals surface area contributed by atoms with Crippen LogP contribution >= 0.6 is 0 Å². The normalized spacial score (nSPS) is 12.5. The number of nitrogens with zero attached hydrogens (tertiary/aromatic N) is 10. The Bertz CT molecular complexity index is 4640. The third-order valence-electron chi connectivity index (χ3n) is 15.1. The molecule has 11 aromatic rings. The van der Waals surface area contributed by atoms with Crippen molar-refractivity contribution in [2.45, 2.75) is 0 Å². The van der Waals surface area contributed by atoms with Crippen molar-refractivity contribution in [3.05, 3.63) is 170 Å². The van der Waals surface area contributed by atoms with Crippen LogP contribution in [0, 0.1) is 0 Å². The highest BCUT2D eigenvalue weighted by Gasteiger charge is 2.28. The van der Waals surface area contributed by atoms with Gasteiger partial charge < -0.3 is 28.9 Å². The number of benzene rings is 8. The summed E-state index contributed by atoms with van der Waals surface area (Å²) < 4.78 is 30.2. The van der Waals surface area contributed by atoms with Gasteiger partial charge in [-0.05, 0) is 72.8 Å². The van der Waals surface area contributed by atoms with Crippen LogP contribution in [0.2, 0.25) is 0 Å². The van der Waals surface area contributed by atoms with E-state index in [1.165, 1.54) is 0 Å². The van der Waals surface area contributed by atoms with Crippen molar-refractivity contribution in [1.82, 2.24) is 57.8 Å². The van der Waals surface area contributed by atoms with Gasteiger partial charge in [-0.2, -0.15) is 0 Å². The van der Waals surface area contributed by atoms with Crippen LogP contribution in [-0.4, -0.2) is 124 Å². The Labute approximate surface area is 487 Å². The summed E-state index contributed by atoms with van der Waals surface area (Å²) in [6.07, 6.45) is 0. The molecule has 0 amide bonds. The molecule has 8 aromatic carbocycles. The van der Waals surface area contributed by atoms with Gasteiger partial charge in [-0.3, -0.25) is 17.9 Å². The topological polar surface area (TPSA) is 146 Å². The van der Waals surface area contributed by atoms with E-state index in [4.69, 9.17) is 48.9 Å². The minimum atomic E-state index is 0.365. The fraction of sp³-hybridized carbons (Fsp3) is 0.176. The zero-order valence-electron chi connectivity index (χ0n) is 49.3. The van der Waals surface area contributed by atoms with Gasteiger partial charge >= 0.3 is 0 Å². The first kappa shape index (κ1) is 53.5. The van der Waals surface area contributed by atoms with Gasteiger partial charge in [0, 0.05) is 68.1 Å². The number of quaternary nitrogens is 4. The minimum absolute atomic E-state index is 0.365. The molecule has 0 aliphatic carbocycles. The van der Waals surface area contributed by atoms with Gasteiger partial charge in [-0.1, -0.05) is 72.8 Å². The fourth-order valence-corrected chi connectivity index (χ4v) is 10.4. The molecule has 16 nitrogen and oxygen atoms in total. The summed E-state index contributed by atoms with van der Waals surface area (Å²) >= 11 is 0. The Kier molecular flexibility index (Phi) is 12.7. The van der Waals surface area contributed by atoms with Gasteiger partial charge in [0.1, 0.15) is 68.3 Å². The first-order valence-corrected chi connectivity index (χ1v) is 27.8. The van der Waals surface area contributed by atoms with E-state index in [0.29, 0.717) is 132 Å². The number of H-pyrrole nitrogens is 2. The Morgan fingerprint density at radius 1 is 0.262 bits per heavy atom. The van der Waals surface area contributed by atoms with Crippen molar-refractivity contribution in [1.29, 1.82) is 0 Å². The lowest BCUT2D eigenvalue weighted by Gasteiger charge is -2.24. The third-order valence-corrected chi connectivity index (χ3v) is 15.1. The summed E-state index contributed by atoms with van der Waals surface area (Å²) in [5.41, 5.74) is 9.30. The molecule has 2 aliphatic heterocycles. The molecule has 0 saturated carbocycles. The molecular weight excluding hydrogens is 1050 g/mol. The maximum atomic E-state index is 6.97. The van der Waals surface area contributed by atoms with E-state index in [1.807, 2.05) is 140 Å². The molecule has 0 atom stereocenters. The van der Waals surface area contributed by atoms with Gasteiger partial charge in [0.25, 0.3) is 0 Å². The van der Waals surface area contributed by atoms with Crippen LogP contribution in [0.15, 0.2) is 170 Å². The summed E-state index contributed by atoms with van der Waals surface area (Å²) in [6.45, 7) is 0. The largest absolute Gasteiger partial charge is 0.453 e. The molecule has 418 valence electrons. The van der Waals surface area contributed by atoms with Crippen LogP contribution in [-0.2, 0) is 0 Å². The Morgan fingerprint density at radius 3 is 0.845 bits per heavy atom. The summed E-state index contributed by atoms with van der Waals surface area (Å²) in [6, 6.07) is 56.2. The number of fused-ring (bicyclic) bond motifs is 20. The SMILES string of the molecule is C[N+](C)(C)c1cccc(Oc2cc3c(cc2Oc2cccc([N+](C)(C)C)c2)-c2nc-3nc3[nH]c(nc4nc(nc5[nH]c(n2)c2cc(Oc6cccc([N+](C)(C)C)c6)c(Oc6cccc([N+](C)(C)C)c6)cc52)-c2ccccc2-4)c2ccccc32)c1. The third kappa shape index (κ3) is 10.3. The van der Waals surface area contributed by atoms with E-state index >= 15 is 0 Å². The van der Waals surface area contributed by atoms with Gasteiger partial charge in [0.05, 0.1) is 84.6 Å². The van der Waals surface area contributed by atoms with Crippen LogP contribution in [0.25, 0.3) is 89.7 Å². The molecule has 0 fully saturated rings. The first-order valence-electron chi connectivity index (χ1n) is 27.8. The highest BCUT2D eigenvalue weighted by Crippen LogP contribution is 2.47. The van der Waals surface area contributed by atoms with Crippen molar-refractivity contribution in [3.8, 4) is 91.5 Å². The standard InChI is InChI=1S/C68H66N12O4/c1-77(2,3)41-21-17-25-45(33-41)81-57-37-53-55(39-59(57)83-47-27-19-23-43(35-47)79(7,8)9)67-74-65(53)72-63-51-31-15-13-29-49(51)61(70-63)69-62-50-30-14-16-32-52(50)64(71-62)73-66-54-38-58(82-46-26-18-22-42(34-46)78(4,5)6)60(40-56(54)68(75-66)76-67)84-48-28-20-24-44(36-48)80(10,11)12/h13-40H,1-12H3,(H2,69,70,71,72,73,74,75,76)/q+4. The number of aromatic amines is 2. The van der Waals surface area contributed by atoms with Crippen molar-refractivity contribution in [2.24, 2.45) is 0 Å². The second-order valence-corrected chi connectivity index (χ2v) is 24.8. The van der Waals surface area contributed by atoms with Crippen molar-refractivity contribution >= 4 is 66.9 Å². The maximum absolute atomic E-state index is 6.97. The molecule has 0 saturated heterocycles. The summed E-state index contributed by atoms with van der Waals surface area (Å²) in [7, 11) is 25.5. The molecule has 8 bridgehead atoms. The number of nitrogens with one attached hydrogen (secondary N) is 2. The van der Waals surface area contributed by atoms with Crippen LogP contribution in [0.5, 0.6) is 46.0 Å². The van der Waals surface area contributed by atoms with Gasteiger partial charge in [0.15, 0.2) is 46.3 Å². The molecule has 2 N–H and O–H groups in total. The van der Waals surface area contributed by atoms with E-state index in [0.717, 1.165) is 44.6 Å². The van der Waals surface area contributed by atoms with Gasteiger partial charge in [-0.15, -0.1) is 0 Å². The van der Waals surface area contributed by atoms with Crippen molar-refractivity contribution in [3.63, 3.8) is 0 Å². The lowest BCUT2D eigenvalue weighted by molar-refractivity contribution is 0.415. The van der Waals surface area contributed by atoms with Gasteiger partial charge in [0.2, 0.25) is 0 Å². The second-order valence-electron chi connectivity index (χ2n) is 24.8. The molecule has 5 heterocycles. The van der Waals surface area contributed by atoms with E-state index in [1.54, 1.807) is 0 Å². The average Bonchev–Trinajstić information content (AvgIpc) is 2.01. The van der Waals surface area contributed by atoms with E-state index in [2.05, 4.69) is 125 Å². The van der Waals surface area contributed by atoms with Crippen LogP contribution < -0.4 is 36.9 Å². The highest BCUT2D eigenvalue weighted by atomic mass is 16.5. The van der Waals surface area contributed by atoms with Crippen molar-refractivity contribution < 1.29 is 18.9 Å². The van der Waals surface area contributed by atoms with E-state index in [-0.39, 0.29) is 0 Å². The first-order chi connectivity index (χ1) is 40.1. The lowest BCUT2D eigenvalue weighted by Crippen LogP contribution is -2.34. The van der Waals surface area contributed by atoms with Crippen LogP contribution in [0.3, 0.4) is 0 Å². The number of rotatable bonds is 12. The lowest BCUT2D eigenvalue weighted by atomic mass is 10.1. The molecule has 13 rings (SSSR count). The molecule has 84 heavy (non-hydrogen) atoms. The van der Waals surface area contributed by atoms with E-state index in [9.17, 15) is 0 Å². The number of hydrogen-bond donors (Lipinski definition) is 2. The zero-order valence-corrected chi connectivity index (χ0v) is 49.3. The molecule has 0 radical (unpaired) electrons. The second kappa shape index (κ2) is 20.0. The van der Waals surface area contributed by atoms with Gasteiger partial charge in [-0.25, -0.2) is 29.9 Å². The minimum Gasteiger partial charge on any atom is -0.453 e. The average molecular weight is 1120 g/mol. The quantitative estimate of drug-likeness (QED) is 0.113. The van der Waals surface area contributed by atoms with Crippen molar-refractivity contribution in [2.75, 3.05) is 84.6 Å². The number of aromatic nitrogens is 8. The predicted octanol–water partition coefficient (Wildman–Crippen LogP) is 14.8. The molecule has 3 aromatic heterocycles. The highest BCUT2D eigenvalue weighted by molar-refractivity contribution is 6.07. The number of hydrogen-bond acceptors (Lipinski definition) is 10. The summed E-state index contributed by atoms with van der Waals surface area (Å²) in [4.78, 5) is 39.3. The molecule has 0 unspecified atom stereocenters. The summed E-state index contributed by atoms with van der Waals surface area (Å²) in [5.74, 6) is 6.09. The Hall–Kier alpha value is -9.84. The predicted molar refractivity (Wildman–Crippen MR) is 340 cm³/mol. The molecule has 2 aliphatic rings. The zero-order chi connectivity index (χ0) is 58.5. The smallest absolute Gasteiger partial charge is 0.170 e. The van der Waals surface area contributed by atoms with Crippen LogP contribution in [0.4, 0.5) is 22.7 Å². The maximum Gasteiger partial charge on any atom is 0.170 e. The Balaban J connectivity index is 1.11. The fourth-order valence-electron chi connectivity index (χ4n) is 10.4. The molecule has 16 heteroatoms. The monoisotopic (exact) mass is 1110 g/mol. The summed E-state index contributed by atoms with van der Waals surface area (Å²) in [5, 5.41) is 3.09. The number of ether oxygens (including phenoxy) is 4. The molecule has 0 spiro atoms. The molecular formula is C68H66N12O4+4. The van der Waals surface area contributed by atoms with Crippen LogP contribution in [0.1, 0.15) is 0 Å². The Morgan fingerprint density at radius 2 is 0.536 bits per heavy atom.